The van der Waals surface area contributed by atoms with Crippen LogP contribution < -0.4 is 10.6 Å². The van der Waals surface area contributed by atoms with E-state index in [0.717, 1.165) is 36.0 Å². The number of piperidine rings is 1. The van der Waals surface area contributed by atoms with Crippen LogP contribution in [0.15, 0.2) is 39.4 Å². The van der Waals surface area contributed by atoms with Gasteiger partial charge in [0.2, 0.25) is 0 Å². The molecule has 0 saturated carbocycles. The van der Waals surface area contributed by atoms with Gasteiger partial charge in [0.1, 0.15) is 6.26 Å². The largest absolute Gasteiger partial charge is 0.448 e. The molecule has 1 saturated heterocycles. The fourth-order valence-corrected chi connectivity index (χ4v) is 2.78. The van der Waals surface area contributed by atoms with Crippen LogP contribution in [0.2, 0.25) is 0 Å². The molecular formula is C16H18BrN3O2. The van der Waals surface area contributed by atoms with Crippen LogP contribution >= 0.6 is 15.9 Å². The van der Waals surface area contributed by atoms with E-state index in [9.17, 15) is 4.79 Å². The lowest BCUT2D eigenvalue weighted by atomic mass is 10.00. The molecule has 3 rings (SSSR count). The van der Waals surface area contributed by atoms with Crippen LogP contribution in [-0.4, -0.2) is 24.0 Å². The second-order valence-electron chi connectivity index (χ2n) is 5.42. The van der Waals surface area contributed by atoms with Crippen LogP contribution in [0, 0.1) is 0 Å². The van der Waals surface area contributed by atoms with E-state index in [-0.39, 0.29) is 11.8 Å². The molecule has 116 valence electrons. The maximum absolute atomic E-state index is 12.1. The topological polar surface area (TPSA) is 67.2 Å². The minimum atomic E-state index is -0.207. The number of rotatable bonds is 4. The summed E-state index contributed by atoms with van der Waals surface area (Å²) < 4.78 is 6.49. The average molecular weight is 364 g/mol. The van der Waals surface area contributed by atoms with Crippen molar-refractivity contribution in [1.82, 2.24) is 15.6 Å². The first-order valence-electron chi connectivity index (χ1n) is 7.41. The number of halogens is 1. The SMILES string of the molecule is O=C(NCc1ccc(Br)cc1)c1coc(C2CCCNC2)n1. The highest BCUT2D eigenvalue weighted by Gasteiger charge is 2.21. The molecule has 1 aliphatic rings. The molecule has 1 aromatic carbocycles. The molecule has 0 bridgehead atoms. The van der Waals surface area contributed by atoms with E-state index in [2.05, 4.69) is 31.5 Å². The van der Waals surface area contributed by atoms with Gasteiger partial charge in [0.05, 0.1) is 0 Å². The van der Waals surface area contributed by atoms with E-state index in [1.165, 1.54) is 6.26 Å². The van der Waals surface area contributed by atoms with E-state index in [4.69, 9.17) is 4.42 Å². The van der Waals surface area contributed by atoms with Gasteiger partial charge in [0, 0.05) is 23.5 Å². The minimum absolute atomic E-state index is 0.207. The molecule has 0 spiro atoms. The predicted molar refractivity (Wildman–Crippen MR) is 86.7 cm³/mol. The summed E-state index contributed by atoms with van der Waals surface area (Å²) in [6, 6.07) is 7.83. The van der Waals surface area contributed by atoms with Crippen LogP contribution in [0.1, 0.15) is 40.7 Å². The Morgan fingerprint density at radius 2 is 2.23 bits per heavy atom. The van der Waals surface area contributed by atoms with E-state index < -0.39 is 0 Å². The van der Waals surface area contributed by atoms with Crippen LogP contribution in [0.5, 0.6) is 0 Å². The summed E-state index contributed by atoms with van der Waals surface area (Å²) >= 11 is 3.39. The van der Waals surface area contributed by atoms with Gasteiger partial charge < -0.3 is 15.1 Å². The molecule has 2 heterocycles. The van der Waals surface area contributed by atoms with Crippen molar-refractivity contribution in [3.63, 3.8) is 0 Å². The molecule has 1 aliphatic heterocycles. The predicted octanol–water partition coefficient (Wildman–Crippen LogP) is 2.83. The average Bonchev–Trinajstić information content (AvgIpc) is 3.05. The number of hydrogen-bond acceptors (Lipinski definition) is 4. The summed E-state index contributed by atoms with van der Waals surface area (Å²) in [7, 11) is 0. The molecule has 5 nitrogen and oxygen atoms in total. The first kappa shape index (κ1) is 15.2. The quantitative estimate of drug-likeness (QED) is 0.876. The van der Waals surface area contributed by atoms with Gasteiger partial charge in [-0.3, -0.25) is 4.79 Å². The molecule has 1 aromatic heterocycles. The minimum Gasteiger partial charge on any atom is -0.448 e. The first-order valence-corrected chi connectivity index (χ1v) is 8.20. The van der Waals surface area contributed by atoms with E-state index in [0.29, 0.717) is 18.1 Å². The molecule has 2 N–H and O–H groups in total. The zero-order valence-electron chi connectivity index (χ0n) is 12.1. The Balaban J connectivity index is 1.58. The molecule has 2 aromatic rings. The smallest absolute Gasteiger partial charge is 0.273 e. The van der Waals surface area contributed by atoms with Gasteiger partial charge in [0.15, 0.2) is 11.6 Å². The fourth-order valence-electron chi connectivity index (χ4n) is 2.52. The van der Waals surface area contributed by atoms with Crippen molar-refractivity contribution < 1.29 is 9.21 Å². The molecule has 6 heteroatoms. The number of amides is 1. The number of hydrogen-bond donors (Lipinski definition) is 2. The second-order valence-corrected chi connectivity index (χ2v) is 6.34. The van der Waals surface area contributed by atoms with E-state index in [1.54, 1.807) is 0 Å². The normalized spacial score (nSPS) is 18.1. The number of oxazole rings is 1. The Labute approximate surface area is 137 Å². The lowest BCUT2D eigenvalue weighted by Crippen LogP contribution is -2.28. The molecule has 1 atom stereocenters. The number of aromatic nitrogens is 1. The zero-order valence-corrected chi connectivity index (χ0v) is 13.7. The van der Waals surface area contributed by atoms with Crippen molar-refractivity contribution >= 4 is 21.8 Å². The summed E-state index contributed by atoms with van der Waals surface area (Å²) in [6.45, 7) is 2.37. The highest BCUT2D eigenvalue weighted by molar-refractivity contribution is 9.10. The molecular weight excluding hydrogens is 346 g/mol. The summed E-state index contributed by atoms with van der Waals surface area (Å²) in [5, 5.41) is 6.18. The van der Waals surface area contributed by atoms with Crippen molar-refractivity contribution in [3.8, 4) is 0 Å². The molecule has 1 unspecified atom stereocenters. The Morgan fingerprint density at radius 1 is 1.41 bits per heavy atom. The highest BCUT2D eigenvalue weighted by atomic mass is 79.9. The lowest BCUT2D eigenvalue weighted by molar-refractivity contribution is 0.0946. The van der Waals surface area contributed by atoms with E-state index in [1.807, 2.05) is 24.3 Å². The van der Waals surface area contributed by atoms with Gasteiger partial charge >= 0.3 is 0 Å². The van der Waals surface area contributed by atoms with Gasteiger partial charge in [-0.05, 0) is 37.1 Å². The van der Waals surface area contributed by atoms with Crippen LogP contribution in [0.25, 0.3) is 0 Å². The fraction of sp³-hybridized carbons (Fsp3) is 0.375. The molecule has 0 aliphatic carbocycles. The van der Waals surface area contributed by atoms with Crippen molar-refractivity contribution in [3.05, 3.63) is 52.1 Å². The van der Waals surface area contributed by atoms with Gasteiger partial charge in [0.25, 0.3) is 5.91 Å². The summed E-state index contributed by atoms with van der Waals surface area (Å²) in [5.41, 5.74) is 1.38. The van der Waals surface area contributed by atoms with Gasteiger partial charge in [-0.2, -0.15) is 0 Å². The third-order valence-corrected chi connectivity index (χ3v) is 4.30. The first-order chi connectivity index (χ1) is 10.7. The molecule has 0 radical (unpaired) electrons. The maximum Gasteiger partial charge on any atom is 0.273 e. The standard InChI is InChI=1S/C16H18BrN3O2/c17-13-5-3-11(4-6-13)8-19-15(21)14-10-22-16(20-14)12-2-1-7-18-9-12/h3-6,10,12,18H,1-2,7-9H2,(H,19,21). The Morgan fingerprint density at radius 3 is 2.95 bits per heavy atom. The lowest BCUT2D eigenvalue weighted by Gasteiger charge is -2.19. The van der Waals surface area contributed by atoms with Crippen molar-refractivity contribution in [2.75, 3.05) is 13.1 Å². The third-order valence-electron chi connectivity index (χ3n) is 3.77. The maximum atomic E-state index is 12.1. The van der Waals surface area contributed by atoms with Crippen LogP contribution in [0.3, 0.4) is 0 Å². The monoisotopic (exact) mass is 363 g/mol. The number of nitrogens with zero attached hydrogens (tertiary/aromatic N) is 1. The summed E-state index contributed by atoms with van der Waals surface area (Å²) in [4.78, 5) is 16.5. The molecule has 1 fully saturated rings. The number of carbonyl (C=O) groups excluding carboxylic acids is 1. The number of carbonyl (C=O) groups is 1. The number of nitrogens with one attached hydrogen (secondary N) is 2. The van der Waals surface area contributed by atoms with Gasteiger partial charge in [-0.15, -0.1) is 0 Å². The van der Waals surface area contributed by atoms with Crippen molar-refractivity contribution in [2.45, 2.75) is 25.3 Å². The van der Waals surface area contributed by atoms with Gasteiger partial charge in [-0.25, -0.2) is 4.98 Å². The van der Waals surface area contributed by atoms with Crippen molar-refractivity contribution in [2.24, 2.45) is 0 Å². The van der Waals surface area contributed by atoms with E-state index >= 15 is 0 Å². The Hall–Kier alpha value is -1.66. The molecule has 1 amide bonds. The third kappa shape index (κ3) is 3.75. The van der Waals surface area contributed by atoms with Crippen LogP contribution in [-0.2, 0) is 6.54 Å². The number of benzene rings is 1. The Bertz CT molecular complexity index is 633. The van der Waals surface area contributed by atoms with Crippen molar-refractivity contribution in [1.29, 1.82) is 0 Å². The summed E-state index contributed by atoms with van der Waals surface area (Å²) in [5.74, 6) is 0.712. The Kier molecular flexibility index (Phi) is 4.90. The molecule has 22 heavy (non-hydrogen) atoms. The second kappa shape index (κ2) is 7.07. The zero-order chi connectivity index (χ0) is 15.4. The summed E-state index contributed by atoms with van der Waals surface area (Å²) in [6.07, 6.45) is 3.60. The highest BCUT2D eigenvalue weighted by Crippen LogP contribution is 2.22. The van der Waals surface area contributed by atoms with Crippen LogP contribution in [0.4, 0.5) is 0 Å². The van der Waals surface area contributed by atoms with Gasteiger partial charge in [-0.1, -0.05) is 28.1 Å².